The number of nitrogens with two attached hydrogens (primary N) is 2. The van der Waals surface area contributed by atoms with E-state index in [0.29, 0.717) is 29.9 Å². The van der Waals surface area contributed by atoms with E-state index in [4.69, 9.17) is 11.5 Å². The summed E-state index contributed by atoms with van der Waals surface area (Å²) in [6, 6.07) is 6.56. The number of benzene rings is 1. The van der Waals surface area contributed by atoms with Gasteiger partial charge in [-0.15, -0.1) is 0 Å². The average molecular weight is 529 g/mol. The average Bonchev–Trinajstić information content (AvgIpc) is 3.36. The molecule has 2 aliphatic heterocycles. The molecule has 2 heterocycles. The Morgan fingerprint density at radius 3 is 1.45 bits per heavy atom. The van der Waals surface area contributed by atoms with Crippen molar-refractivity contribution in [3.05, 3.63) is 35.4 Å². The van der Waals surface area contributed by atoms with Gasteiger partial charge in [0, 0.05) is 50.1 Å². The molecule has 4 amide bonds. The topological polar surface area (TPSA) is 127 Å². The number of rotatable bonds is 11. The van der Waals surface area contributed by atoms with Crippen molar-refractivity contribution >= 4 is 23.6 Å². The van der Waals surface area contributed by atoms with Gasteiger partial charge in [0.15, 0.2) is 0 Å². The molecule has 38 heavy (non-hydrogen) atoms. The summed E-state index contributed by atoms with van der Waals surface area (Å²) in [6.45, 7) is 3.59. The van der Waals surface area contributed by atoms with Gasteiger partial charge in [-0.3, -0.25) is 19.2 Å². The fraction of sp³-hybridized carbons (Fsp3) is 0.667. The van der Waals surface area contributed by atoms with Gasteiger partial charge >= 0.3 is 0 Å². The summed E-state index contributed by atoms with van der Waals surface area (Å²) in [6.07, 6.45) is 17.1. The first-order valence-electron chi connectivity index (χ1n) is 14.6. The van der Waals surface area contributed by atoms with E-state index in [1.54, 1.807) is 24.3 Å². The van der Waals surface area contributed by atoms with Gasteiger partial charge in [-0.25, -0.2) is 0 Å². The monoisotopic (exact) mass is 528 g/mol. The standard InChI is InChI=1S/C16H30N2O2.C14H18N2O2/c17-15(19)11-7-3-1-2-4-8-12-16(20)18-13-9-5-6-10-14-18;15-13(17)11-5-7-12(8-6-11)14(18)16-9-3-1-2-4-10-16/h1-14H2,(H2,17,19);5-8H,1-4,9-10H2,(H2,15,17). The molecule has 2 saturated heterocycles. The third-order valence-electron chi connectivity index (χ3n) is 7.33. The summed E-state index contributed by atoms with van der Waals surface area (Å²) >= 11 is 0. The van der Waals surface area contributed by atoms with E-state index in [1.807, 2.05) is 4.90 Å². The minimum atomic E-state index is -0.469. The van der Waals surface area contributed by atoms with Crippen LogP contribution in [0.2, 0.25) is 0 Å². The molecule has 0 saturated carbocycles. The van der Waals surface area contributed by atoms with Gasteiger partial charge in [0.1, 0.15) is 0 Å². The number of carbonyl (C=O) groups excluding carboxylic acids is 4. The van der Waals surface area contributed by atoms with E-state index >= 15 is 0 Å². The van der Waals surface area contributed by atoms with E-state index < -0.39 is 5.91 Å². The Hall–Kier alpha value is -2.90. The van der Waals surface area contributed by atoms with Gasteiger partial charge in [-0.05, 0) is 62.8 Å². The maximum absolute atomic E-state index is 12.2. The van der Waals surface area contributed by atoms with Crippen molar-refractivity contribution in [2.24, 2.45) is 11.5 Å². The smallest absolute Gasteiger partial charge is 0.253 e. The van der Waals surface area contributed by atoms with Crippen LogP contribution in [0.5, 0.6) is 0 Å². The third kappa shape index (κ3) is 12.6. The molecular formula is C30H48N4O4. The first-order chi connectivity index (χ1) is 18.4. The van der Waals surface area contributed by atoms with Crippen LogP contribution in [0.15, 0.2) is 24.3 Å². The van der Waals surface area contributed by atoms with Crippen LogP contribution >= 0.6 is 0 Å². The number of hydrogen-bond donors (Lipinski definition) is 2. The van der Waals surface area contributed by atoms with Gasteiger partial charge < -0.3 is 21.3 Å². The summed E-state index contributed by atoms with van der Waals surface area (Å²) in [5.74, 6) is -0.273. The third-order valence-corrected chi connectivity index (χ3v) is 7.33. The molecule has 3 rings (SSSR count). The minimum absolute atomic E-state index is 0.0490. The number of amides is 4. The Kier molecular flexibility index (Phi) is 15.1. The molecule has 0 atom stereocenters. The summed E-state index contributed by atoms with van der Waals surface area (Å²) in [5.41, 5.74) is 11.3. The minimum Gasteiger partial charge on any atom is -0.370 e. The van der Waals surface area contributed by atoms with E-state index in [2.05, 4.69) is 4.90 Å². The summed E-state index contributed by atoms with van der Waals surface area (Å²) in [4.78, 5) is 49.7. The largest absolute Gasteiger partial charge is 0.370 e. The van der Waals surface area contributed by atoms with E-state index in [9.17, 15) is 19.2 Å². The lowest BCUT2D eigenvalue weighted by atomic mass is 10.1. The zero-order chi connectivity index (χ0) is 27.6. The number of unbranched alkanes of at least 4 members (excludes halogenated alkanes) is 5. The highest BCUT2D eigenvalue weighted by molar-refractivity contribution is 5.97. The normalized spacial score (nSPS) is 16.0. The van der Waals surface area contributed by atoms with Crippen molar-refractivity contribution < 1.29 is 19.2 Å². The van der Waals surface area contributed by atoms with Crippen molar-refractivity contribution in [2.45, 2.75) is 103 Å². The van der Waals surface area contributed by atoms with Gasteiger partial charge in [0.25, 0.3) is 5.91 Å². The lowest BCUT2D eigenvalue weighted by Gasteiger charge is -2.20. The van der Waals surface area contributed by atoms with Gasteiger partial charge in [-0.2, -0.15) is 0 Å². The zero-order valence-corrected chi connectivity index (χ0v) is 23.1. The van der Waals surface area contributed by atoms with E-state index in [-0.39, 0.29) is 11.8 Å². The Balaban J connectivity index is 0.000000268. The van der Waals surface area contributed by atoms with E-state index in [1.165, 1.54) is 38.5 Å². The molecule has 1 aromatic rings. The number of carbonyl (C=O) groups is 4. The molecule has 1 aromatic carbocycles. The van der Waals surface area contributed by atoms with Gasteiger partial charge in [0.05, 0.1) is 0 Å². The molecule has 2 aliphatic rings. The fourth-order valence-corrected chi connectivity index (χ4v) is 4.99. The van der Waals surface area contributed by atoms with Crippen molar-refractivity contribution in [3.8, 4) is 0 Å². The molecule has 4 N–H and O–H groups in total. The number of primary amides is 2. The number of nitrogens with zero attached hydrogens (tertiary/aromatic N) is 2. The van der Waals surface area contributed by atoms with Crippen molar-refractivity contribution in [2.75, 3.05) is 26.2 Å². The summed E-state index contributed by atoms with van der Waals surface area (Å²) < 4.78 is 0. The maximum atomic E-state index is 12.2. The second-order valence-electron chi connectivity index (χ2n) is 10.5. The lowest BCUT2D eigenvalue weighted by molar-refractivity contribution is -0.131. The molecule has 0 aromatic heterocycles. The second-order valence-corrected chi connectivity index (χ2v) is 10.5. The molecule has 0 bridgehead atoms. The maximum Gasteiger partial charge on any atom is 0.253 e. The van der Waals surface area contributed by atoms with E-state index in [0.717, 1.165) is 77.5 Å². The molecule has 0 spiro atoms. The van der Waals surface area contributed by atoms with Crippen LogP contribution in [-0.4, -0.2) is 59.6 Å². The highest BCUT2D eigenvalue weighted by Crippen LogP contribution is 2.15. The van der Waals surface area contributed by atoms with Crippen LogP contribution in [0.4, 0.5) is 0 Å². The number of hydrogen-bond acceptors (Lipinski definition) is 4. The van der Waals surface area contributed by atoms with Crippen LogP contribution in [0.3, 0.4) is 0 Å². The second kappa shape index (κ2) is 18.4. The molecule has 212 valence electrons. The zero-order valence-electron chi connectivity index (χ0n) is 23.1. The summed E-state index contributed by atoms with van der Waals surface area (Å²) in [5, 5.41) is 0. The van der Waals surface area contributed by atoms with Gasteiger partial charge in [-0.1, -0.05) is 51.4 Å². The molecule has 2 fully saturated rings. The SMILES string of the molecule is NC(=O)CCCCCCCCC(=O)N1CCCCCC1.NC(=O)c1ccc(C(=O)N2CCCCCC2)cc1. The molecule has 8 nitrogen and oxygen atoms in total. The molecular weight excluding hydrogens is 480 g/mol. The van der Waals surface area contributed by atoms with Crippen LogP contribution in [-0.2, 0) is 9.59 Å². The highest BCUT2D eigenvalue weighted by atomic mass is 16.2. The molecule has 0 radical (unpaired) electrons. The van der Waals surface area contributed by atoms with Crippen molar-refractivity contribution in [1.29, 1.82) is 0 Å². The van der Waals surface area contributed by atoms with Crippen LogP contribution in [0.1, 0.15) is 123 Å². The van der Waals surface area contributed by atoms with Crippen LogP contribution < -0.4 is 11.5 Å². The quantitative estimate of drug-likeness (QED) is 0.400. The fourth-order valence-electron chi connectivity index (χ4n) is 4.99. The summed E-state index contributed by atoms with van der Waals surface area (Å²) in [7, 11) is 0. The highest BCUT2D eigenvalue weighted by Gasteiger charge is 2.17. The first kappa shape index (κ1) is 31.3. The molecule has 0 unspecified atom stereocenters. The predicted molar refractivity (Wildman–Crippen MR) is 151 cm³/mol. The molecule has 8 heteroatoms. The Bertz CT molecular complexity index is 856. The van der Waals surface area contributed by atoms with Crippen LogP contribution in [0, 0.1) is 0 Å². The predicted octanol–water partition coefficient (Wildman–Crippen LogP) is 4.80. The van der Waals surface area contributed by atoms with Crippen molar-refractivity contribution in [3.63, 3.8) is 0 Å². The Labute approximate surface area is 228 Å². The lowest BCUT2D eigenvalue weighted by Crippen LogP contribution is -2.31. The molecule has 0 aliphatic carbocycles. The Morgan fingerprint density at radius 2 is 0.974 bits per heavy atom. The van der Waals surface area contributed by atoms with Crippen molar-refractivity contribution in [1.82, 2.24) is 9.80 Å². The van der Waals surface area contributed by atoms with Gasteiger partial charge in [0.2, 0.25) is 17.7 Å². The Morgan fingerprint density at radius 1 is 0.553 bits per heavy atom. The van der Waals surface area contributed by atoms with Crippen LogP contribution in [0.25, 0.3) is 0 Å². The number of likely N-dealkylation sites (tertiary alicyclic amines) is 2. The first-order valence-corrected chi connectivity index (χ1v) is 14.6.